The second kappa shape index (κ2) is 4.91. The zero-order valence-corrected chi connectivity index (χ0v) is 11.1. The third-order valence-corrected chi connectivity index (χ3v) is 3.36. The highest BCUT2D eigenvalue weighted by atomic mass is 16.4. The fourth-order valence-corrected chi connectivity index (χ4v) is 2.51. The molecule has 5 heteroatoms. The molecule has 1 aliphatic rings. The molecule has 2 rings (SSSR count). The summed E-state index contributed by atoms with van der Waals surface area (Å²) in [5.74, 6) is -1.20. The number of amides is 1. The number of carboxylic acids is 1. The van der Waals surface area contributed by atoms with E-state index >= 15 is 0 Å². The molecule has 1 aromatic rings. The van der Waals surface area contributed by atoms with Gasteiger partial charge in [-0.2, -0.15) is 0 Å². The summed E-state index contributed by atoms with van der Waals surface area (Å²) in [5.41, 5.74) is 0.545. The molecule has 19 heavy (non-hydrogen) atoms. The fraction of sp³-hybridized carbons (Fsp3) is 0.429. The predicted octanol–water partition coefficient (Wildman–Crippen LogP) is 1.24. The van der Waals surface area contributed by atoms with Crippen molar-refractivity contribution in [3.05, 3.63) is 30.3 Å². The molecule has 2 N–H and O–H groups in total. The average Bonchev–Trinajstić information content (AvgIpc) is 2.34. The van der Waals surface area contributed by atoms with E-state index in [9.17, 15) is 9.59 Å². The zero-order chi connectivity index (χ0) is 14.0. The molecule has 0 bridgehead atoms. The van der Waals surface area contributed by atoms with Gasteiger partial charge in [-0.05, 0) is 26.0 Å². The van der Waals surface area contributed by atoms with Crippen LogP contribution in [-0.2, 0) is 9.59 Å². The van der Waals surface area contributed by atoms with Gasteiger partial charge < -0.3 is 15.3 Å². The predicted molar refractivity (Wildman–Crippen MR) is 72.1 cm³/mol. The lowest BCUT2D eigenvalue weighted by Crippen LogP contribution is -2.66. The number of carboxylic acid groups (broad SMARTS) is 1. The molecule has 1 unspecified atom stereocenters. The Morgan fingerprint density at radius 2 is 2.05 bits per heavy atom. The Bertz CT molecular complexity index is 485. The van der Waals surface area contributed by atoms with Crippen LogP contribution >= 0.6 is 0 Å². The van der Waals surface area contributed by atoms with Crippen molar-refractivity contribution in [3.63, 3.8) is 0 Å². The summed E-state index contributed by atoms with van der Waals surface area (Å²) in [6.07, 6.45) is -0.204. The molecule has 1 heterocycles. The Morgan fingerprint density at radius 1 is 1.42 bits per heavy atom. The van der Waals surface area contributed by atoms with E-state index in [2.05, 4.69) is 5.32 Å². The van der Waals surface area contributed by atoms with Gasteiger partial charge in [0.15, 0.2) is 0 Å². The molecule has 0 aliphatic carbocycles. The first-order valence-electron chi connectivity index (χ1n) is 6.26. The number of nitrogens with one attached hydrogen (secondary N) is 1. The van der Waals surface area contributed by atoms with E-state index in [1.54, 1.807) is 0 Å². The molecule has 1 aromatic carbocycles. The first-order valence-corrected chi connectivity index (χ1v) is 6.26. The van der Waals surface area contributed by atoms with Crippen molar-refractivity contribution < 1.29 is 14.7 Å². The van der Waals surface area contributed by atoms with Crippen molar-refractivity contribution in [2.45, 2.75) is 31.8 Å². The maximum atomic E-state index is 12.0. The third-order valence-electron chi connectivity index (χ3n) is 3.36. The summed E-state index contributed by atoms with van der Waals surface area (Å²) in [6.45, 7) is 4.49. The zero-order valence-electron chi connectivity index (χ0n) is 11.1. The molecule has 0 radical (unpaired) electrons. The highest BCUT2D eigenvalue weighted by Gasteiger charge is 2.42. The smallest absolute Gasteiger partial charge is 0.305 e. The van der Waals surface area contributed by atoms with Crippen LogP contribution < -0.4 is 10.2 Å². The number of carbonyl (C=O) groups excluding carboxylic acids is 1. The molecule has 1 saturated heterocycles. The summed E-state index contributed by atoms with van der Waals surface area (Å²) in [4.78, 5) is 24.9. The molecule has 1 fully saturated rings. The minimum Gasteiger partial charge on any atom is -0.481 e. The van der Waals surface area contributed by atoms with Crippen LogP contribution in [0.1, 0.15) is 20.3 Å². The van der Waals surface area contributed by atoms with Gasteiger partial charge in [0.2, 0.25) is 5.91 Å². The second-order valence-electron chi connectivity index (χ2n) is 5.35. The highest BCUT2D eigenvalue weighted by Crippen LogP contribution is 2.30. The number of nitrogens with zero attached hydrogens (tertiary/aromatic N) is 1. The van der Waals surface area contributed by atoms with Crippen LogP contribution in [0.2, 0.25) is 0 Å². The summed E-state index contributed by atoms with van der Waals surface area (Å²) < 4.78 is 0. The molecule has 5 nitrogen and oxygen atoms in total. The molecule has 0 aromatic heterocycles. The van der Waals surface area contributed by atoms with Crippen LogP contribution in [0.15, 0.2) is 30.3 Å². The number of para-hydroxylation sites is 1. The van der Waals surface area contributed by atoms with Gasteiger partial charge in [-0.15, -0.1) is 0 Å². The van der Waals surface area contributed by atoms with Crippen LogP contribution in [0, 0.1) is 0 Å². The van der Waals surface area contributed by atoms with Crippen molar-refractivity contribution in [1.82, 2.24) is 5.32 Å². The van der Waals surface area contributed by atoms with Crippen LogP contribution in [0.3, 0.4) is 0 Å². The topological polar surface area (TPSA) is 69.6 Å². The maximum absolute atomic E-state index is 12.0. The van der Waals surface area contributed by atoms with E-state index in [0.29, 0.717) is 6.54 Å². The minimum absolute atomic E-state index is 0.204. The summed E-state index contributed by atoms with van der Waals surface area (Å²) in [7, 11) is 0. The van der Waals surface area contributed by atoms with Crippen molar-refractivity contribution in [2.75, 3.05) is 11.4 Å². The van der Waals surface area contributed by atoms with Gasteiger partial charge in [0.05, 0.1) is 12.0 Å². The molecule has 102 valence electrons. The minimum atomic E-state index is -0.973. The fourth-order valence-electron chi connectivity index (χ4n) is 2.51. The van der Waals surface area contributed by atoms with E-state index in [-0.39, 0.29) is 17.9 Å². The average molecular weight is 262 g/mol. The van der Waals surface area contributed by atoms with E-state index in [1.807, 2.05) is 49.1 Å². The Morgan fingerprint density at radius 3 is 2.63 bits per heavy atom. The molecule has 1 amide bonds. The highest BCUT2D eigenvalue weighted by molar-refractivity contribution is 5.91. The monoisotopic (exact) mass is 262 g/mol. The van der Waals surface area contributed by atoms with Gasteiger partial charge in [0.25, 0.3) is 0 Å². The number of hydrogen-bond acceptors (Lipinski definition) is 3. The standard InChI is InChI=1S/C14H18N2O3/c1-14(2)9-15-13(19)11(8-12(17)18)16(14)10-6-4-3-5-7-10/h3-7,11H,8-9H2,1-2H3,(H,15,19)(H,17,18). The number of carbonyl (C=O) groups is 2. The van der Waals surface area contributed by atoms with Gasteiger partial charge in [-0.3, -0.25) is 9.59 Å². The first kappa shape index (κ1) is 13.4. The lowest BCUT2D eigenvalue weighted by atomic mass is 9.93. The molecule has 1 aliphatic heterocycles. The molecule has 1 atom stereocenters. The van der Waals surface area contributed by atoms with Crippen molar-refractivity contribution in [2.24, 2.45) is 0 Å². The Labute approximate surface area is 112 Å². The number of piperazine rings is 1. The Hall–Kier alpha value is -2.04. The van der Waals surface area contributed by atoms with E-state index in [4.69, 9.17) is 5.11 Å². The van der Waals surface area contributed by atoms with E-state index in [1.165, 1.54) is 0 Å². The second-order valence-corrected chi connectivity index (χ2v) is 5.35. The Balaban J connectivity index is 2.41. The van der Waals surface area contributed by atoms with Gasteiger partial charge in [-0.1, -0.05) is 18.2 Å². The van der Waals surface area contributed by atoms with Gasteiger partial charge in [0, 0.05) is 12.2 Å². The lowest BCUT2D eigenvalue weighted by Gasteiger charge is -2.48. The third kappa shape index (κ3) is 2.70. The van der Waals surface area contributed by atoms with Crippen molar-refractivity contribution in [3.8, 4) is 0 Å². The van der Waals surface area contributed by atoms with Crippen LogP contribution in [0.5, 0.6) is 0 Å². The van der Waals surface area contributed by atoms with Crippen molar-refractivity contribution >= 4 is 17.6 Å². The van der Waals surface area contributed by atoms with Crippen LogP contribution in [0.4, 0.5) is 5.69 Å². The normalized spacial score (nSPS) is 21.9. The first-order chi connectivity index (χ1) is 8.92. The number of hydrogen-bond donors (Lipinski definition) is 2. The van der Waals surface area contributed by atoms with Crippen LogP contribution in [-0.4, -0.2) is 35.1 Å². The van der Waals surface area contributed by atoms with Gasteiger partial charge in [-0.25, -0.2) is 0 Å². The number of aliphatic carboxylic acids is 1. The maximum Gasteiger partial charge on any atom is 0.305 e. The van der Waals surface area contributed by atoms with Gasteiger partial charge in [0.1, 0.15) is 6.04 Å². The summed E-state index contributed by atoms with van der Waals surface area (Å²) in [6, 6.07) is 8.78. The van der Waals surface area contributed by atoms with Gasteiger partial charge >= 0.3 is 5.97 Å². The number of benzene rings is 1. The van der Waals surface area contributed by atoms with Crippen molar-refractivity contribution in [1.29, 1.82) is 0 Å². The summed E-state index contributed by atoms with van der Waals surface area (Å²) in [5, 5.41) is 11.8. The molecular weight excluding hydrogens is 244 g/mol. The lowest BCUT2D eigenvalue weighted by molar-refractivity contribution is -0.140. The molecule has 0 spiro atoms. The van der Waals surface area contributed by atoms with E-state index < -0.39 is 12.0 Å². The molecular formula is C14H18N2O3. The van der Waals surface area contributed by atoms with E-state index in [0.717, 1.165) is 5.69 Å². The SMILES string of the molecule is CC1(C)CNC(=O)C(CC(=O)O)N1c1ccccc1. The number of anilines is 1. The Kier molecular flexibility index (Phi) is 3.46. The molecule has 0 saturated carbocycles. The quantitative estimate of drug-likeness (QED) is 0.860. The largest absolute Gasteiger partial charge is 0.481 e. The van der Waals surface area contributed by atoms with Crippen LogP contribution in [0.25, 0.3) is 0 Å². The summed E-state index contributed by atoms with van der Waals surface area (Å²) >= 11 is 0. The number of rotatable bonds is 3.